The maximum absolute atomic E-state index is 14.6. The van der Waals surface area contributed by atoms with Crippen molar-refractivity contribution in [2.45, 2.75) is 12.7 Å². The number of methoxy groups -OCH3 is 1. The molecule has 5 rings (SSSR count). The lowest BCUT2D eigenvalue weighted by atomic mass is 10.1. The summed E-state index contributed by atoms with van der Waals surface area (Å²) in [6.45, 7) is -0.295. The van der Waals surface area contributed by atoms with Gasteiger partial charge >= 0.3 is 6.18 Å². The maximum atomic E-state index is 14.6. The molecule has 0 N–H and O–H groups in total. The fourth-order valence-electron chi connectivity index (χ4n) is 3.91. The molecule has 0 unspecified atom stereocenters. The smallest absolute Gasteiger partial charge is 0.432 e. The van der Waals surface area contributed by atoms with Gasteiger partial charge in [0.25, 0.3) is 17.6 Å². The minimum atomic E-state index is -4.94. The highest BCUT2D eigenvalue weighted by Gasteiger charge is 2.42. The van der Waals surface area contributed by atoms with Crippen LogP contribution in [0.15, 0.2) is 59.4 Å². The Kier molecular flexibility index (Phi) is 6.34. The van der Waals surface area contributed by atoms with Gasteiger partial charge in [0.2, 0.25) is 0 Å². The highest BCUT2D eigenvalue weighted by Crippen LogP contribution is 2.41. The first-order valence-electron chi connectivity index (χ1n) is 10.5. The number of ether oxygens (including phenoxy) is 1. The van der Waals surface area contributed by atoms with Crippen LogP contribution in [0.4, 0.5) is 13.2 Å². The normalized spacial score (nSPS) is 11.7. The first-order chi connectivity index (χ1) is 17.7. The van der Waals surface area contributed by atoms with E-state index in [0.29, 0.717) is 10.6 Å². The molecule has 0 atom stereocenters. The van der Waals surface area contributed by atoms with Gasteiger partial charge in [-0.15, -0.1) is 10.2 Å². The standard InChI is InChI=1S/C24H14Cl2F3N5O3/c1-36-14-4-5-18-15(9-14)19(20(35)23-33-32-22(37-23)17-6-7-30-11-31-17)21(24(27,28)29)34(18)10-12-2-3-13(25)8-16(12)26/h2-9,11H,10H2,1H3. The Balaban J connectivity index is 1.73. The van der Waals surface area contributed by atoms with E-state index < -0.39 is 29.1 Å². The van der Waals surface area contributed by atoms with Crippen LogP contribution in [-0.4, -0.2) is 37.6 Å². The molecule has 0 aliphatic heterocycles. The van der Waals surface area contributed by atoms with Gasteiger partial charge in [-0.25, -0.2) is 9.97 Å². The Morgan fingerprint density at radius 2 is 1.92 bits per heavy atom. The van der Waals surface area contributed by atoms with Gasteiger partial charge in [0.05, 0.1) is 12.7 Å². The molecule has 3 heterocycles. The molecule has 5 aromatic rings. The van der Waals surface area contributed by atoms with E-state index in [1.165, 1.54) is 62.1 Å². The van der Waals surface area contributed by atoms with E-state index in [1.54, 1.807) is 0 Å². The monoisotopic (exact) mass is 547 g/mol. The van der Waals surface area contributed by atoms with Crippen molar-refractivity contribution in [1.29, 1.82) is 0 Å². The van der Waals surface area contributed by atoms with Gasteiger partial charge in [0.1, 0.15) is 23.5 Å². The van der Waals surface area contributed by atoms with E-state index in [0.717, 1.165) is 4.57 Å². The highest BCUT2D eigenvalue weighted by atomic mass is 35.5. The summed E-state index contributed by atoms with van der Waals surface area (Å²) in [6.07, 6.45) is -2.30. The van der Waals surface area contributed by atoms with Gasteiger partial charge in [0.15, 0.2) is 0 Å². The van der Waals surface area contributed by atoms with Crippen molar-refractivity contribution in [1.82, 2.24) is 24.7 Å². The van der Waals surface area contributed by atoms with Crippen LogP contribution in [0, 0.1) is 0 Å². The van der Waals surface area contributed by atoms with Crippen LogP contribution < -0.4 is 4.74 Å². The van der Waals surface area contributed by atoms with Crippen LogP contribution in [0.1, 0.15) is 27.5 Å². The lowest BCUT2D eigenvalue weighted by Crippen LogP contribution is -2.19. The van der Waals surface area contributed by atoms with Crippen molar-refractivity contribution in [2.24, 2.45) is 0 Å². The average molecular weight is 548 g/mol. The molecule has 0 amide bonds. The molecule has 2 aromatic carbocycles. The van der Waals surface area contributed by atoms with E-state index in [2.05, 4.69) is 20.2 Å². The van der Waals surface area contributed by atoms with Gasteiger partial charge in [-0.05, 0) is 42.0 Å². The molecule has 0 radical (unpaired) electrons. The molecule has 0 fully saturated rings. The van der Waals surface area contributed by atoms with Crippen molar-refractivity contribution < 1.29 is 27.1 Å². The maximum Gasteiger partial charge on any atom is 0.432 e. The molecule has 8 nitrogen and oxygen atoms in total. The third kappa shape index (κ3) is 4.63. The van der Waals surface area contributed by atoms with E-state index in [1.807, 2.05) is 0 Å². The minimum absolute atomic E-state index is 0.0106. The summed E-state index contributed by atoms with van der Waals surface area (Å²) in [5.41, 5.74) is -1.16. The molecule has 3 aromatic heterocycles. The van der Waals surface area contributed by atoms with E-state index in [4.69, 9.17) is 32.4 Å². The number of rotatable bonds is 6. The van der Waals surface area contributed by atoms with E-state index in [9.17, 15) is 18.0 Å². The van der Waals surface area contributed by atoms with Crippen LogP contribution >= 0.6 is 23.2 Å². The molecular formula is C24H14Cl2F3N5O3. The number of fused-ring (bicyclic) bond motifs is 1. The predicted molar refractivity (Wildman–Crippen MR) is 128 cm³/mol. The molecule has 0 spiro atoms. The Bertz CT molecular complexity index is 1630. The Morgan fingerprint density at radius 1 is 1.11 bits per heavy atom. The summed E-state index contributed by atoms with van der Waals surface area (Å²) < 4.78 is 55.4. The largest absolute Gasteiger partial charge is 0.497 e. The SMILES string of the molecule is COc1ccc2c(c1)c(C(=O)c1nnc(-c3ccncn3)o1)c(C(F)(F)F)n2Cc1ccc(Cl)cc1Cl. The summed E-state index contributed by atoms with van der Waals surface area (Å²) >= 11 is 12.2. The lowest BCUT2D eigenvalue weighted by Gasteiger charge is -2.15. The first-order valence-corrected chi connectivity index (χ1v) is 11.3. The van der Waals surface area contributed by atoms with Crippen LogP contribution in [0.2, 0.25) is 10.0 Å². The molecule has 0 bridgehead atoms. The van der Waals surface area contributed by atoms with Crippen molar-refractivity contribution in [3.05, 3.63) is 87.7 Å². The third-order valence-electron chi connectivity index (χ3n) is 5.53. The topological polar surface area (TPSA) is 95.9 Å². The Hall–Kier alpha value is -3.96. The first kappa shape index (κ1) is 24.7. The molecule has 188 valence electrons. The zero-order valence-electron chi connectivity index (χ0n) is 18.8. The van der Waals surface area contributed by atoms with Crippen molar-refractivity contribution in [3.8, 4) is 17.3 Å². The second-order valence-electron chi connectivity index (χ2n) is 7.76. The summed E-state index contributed by atoms with van der Waals surface area (Å²) in [7, 11) is 1.36. The number of ketones is 1. The second-order valence-corrected chi connectivity index (χ2v) is 8.61. The summed E-state index contributed by atoms with van der Waals surface area (Å²) in [4.78, 5) is 21.2. The number of carbonyl (C=O) groups is 1. The number of benzene rings is 2. The van der Waals surface area contributed by atoms with Crippen LogP contribution in [0.5, 0.6) is 5.75 Å². The third-order valence-corrected chi connectivity index (χ3v) is 6.12. The van der Waals surface area contributed by atoms with Crippen molar-refractivity contribution in [2.75, 3.05) is 7.11 Å². The number of hydrogen-bond acceptors (Lipinski definition) is 7. The van der Waals surface area contributed by atoms with Gasteiger partial charge in [0, 0.05) is 33.7 Å². The number of carbonyl (C=O) groups excluding carboxylic acids is 1. The van der Waals surface area contributed by atoms with E-state index >= 15 is 0 Å². The fourth-order valence-corrected chi connectivity index (χ4v) is 4.38. The van der Waals surface area contributed by atoms with Crippen molar-refractivity contribution >= 4 is 39.9 Å². The average Bonchev–Trinajstić information content (AvgIpc) is 3.49. The Labute approximate surface area is 216 Å². The molecule has 0 aliphatic carbocycles. The molecular weight excluding hydrogens is 534 g/mol. The number of nitrogens with zero attached hydrogens (tertiary/aromatic N) is 5. The highest BCUT2D eigenvalue weighted by molar-refractivity contribution is 6.35. The van der Waals surface area contributed by atoms with Crippen molar-refractivity contribution in [3.63, 3.8) is 0 Å². The zero-order chi connectivity index (χ0) is 26.3. The van der Waals surface area contributed by atoms with Gasteiger partial charge in [-0.2, -0.15) is 13.2 Å². The summed E-state index contributed by atoms with van der Waals surface area (Å²) in [5, 5.41) is 7.95. The molecule has 0 saturated heterocycles. The lowest BCUT2D eigenvalue weighted by molar-refractivity contribution is -0.143. The predicted octanol–water partition coefficient (Wildman–Crippen LogP) is 6.09. The molecule has 37 heavy (non-hydrogen) atoms. The van der Waals surface area contributed by atoms with Gasteiger partial charge in [-0.3, -0.25) is 4.79 Å². The number of alkyl halides is 3. The fraction of sp³-hybridized carbons (Fsp3) is 0.125. The van der Waals surface area contributed by atoms with Gasteiger partial charge < -0.3 is 13.7 Å². The molecule has 0 aliphatic rings. The Morgan fingerprint density at radius 3 is 2.59 bits per heavy atom. The number of hydrogen-bond donors (Lipinski definition) is 0. The summed E-state index contributed by atoms with van der Waals surface area (Å²) in [6, 6.07) is 10.2. The quantitative estimate of drug-likeness (QED) is 0.237. The van der Waals surface area contributed by atoms with Crippen LogP contribution in [0.25, 0.3) is 22.5 Å². The number of halogens is 5. The zero-order valence-corrected chi connectivity index (χ0v) is 20.3. The van der Waals surface area contributed by atoms with Crippen LogP contribution in [0.3, 0.4) is 0 Å². The molecule has 13 heteroatoms. The minimum Gasteiger partial charge on any atom is -0.497 e. The van der Waals surface area contributed by atoms with Crippen LogP contribution in [-0.2, 0) is 12.7 Å². The second kappa shape index (κ2) is 9.49. The number of aromatic nitrogens is 5. The molecule has 0 saturated carbocycles. The summed E-state index contributed by atoms with van der Waals surface area (Å²) in [5.74, 6) is -1.64. The van der Waals surface area contributed by atoms with Gasteiger partial charge in [-0.1, -0.05) is 29.3 Å². The van der Waals surface area contributed by atoms with E-state index in [-0.39, 0.29) is 39.8 Å².